The van der Waals surface area contributed by atoms with E-state index in [1.165, 1.54) is 23.9 Å². The van der Waals surface area contributed by atoms with Crippen molar-refractivity contribution in [3.05, 3.63) is 48.0 Å². The third-order valence-electron chi connectivity index (χ3n) is 4.04. The fraction of sp³-hybridized carbons (Fsp3) is 0.333. The van der Waals surface area contributed by atoms with Crippen molar-refractivity contribution in [3.8, 4) is 0 Å². The first-order valence-electron chi connectivity index (χ1n) is 7.83. The Morgan fingerprint density at radius 1 is 1.09 bits per heavy atom. The molecule has 0 aliphatic rings. The number of aryl methyl sites for hydroxylation is 3. The number of unbranched alkanes of at least 4 members (excludes halogenated alkanes) is 1. The van der Waals surface area contributed by atoms with Gasteiger partial charge in [-0.1, -0.05) is 13.3 Å². The van der Waals surface area contributed by atoms with E-state index in [9.17, 15) is 0 Å². The van der Waals surface area contributed by atoms with Gasteiger partial charge in [0.2, 0.25) is 0 Å². The molecule has 3 heterocycles. The highest BCUT2D eigenvalue weighted by atomic mass is 15.0. The number of hydrogen-bond acceptors (Lipinski definition) is 3. The molecule has 4 nitrogen and oxygen atoms in total. The van der Waals surface area contributed by atoms with Gasteiger partial charge in [0.05, 0.1) is 16.9 Å². The van der Waals surface area contributed by atoms with Crippen LogP contribution >= 0.6 is 0 Å². The molecule has 0 unspecified atom stereocenters. The highest BCUT2D eigenvalue weighted by molar-refractivity contribution is 5.92. The van der Waals surface area contributed by atoms with Gasteiger partial charge in [-0.15, -0.1) is 0 Å². The van der Waals surface area contributed by atoms with Crippen molar-refractivity contribution in [2.24, 2.45) is 0 Å². The van der Waals surface area contributed by atoms with Crippen LogP contribution in [-0.2, 0) is 6.54 Å². The maximum absolute atomic E-state index is 4.53. The monoisotopic (exact) mass is 294 g/mol. The second-order valence-electron chi connectivity index (χ2n) is 5.67. The predicted molar refractivity (Wildman–Crippen MR) is 91.6 cm³/mol. The minimum Gasteiger partial charge on any atom is -0.347 e. The molecule has 0 saturated heterocycles. The van der Waals surface area contributed by atoms with E-state index in [0.29, 0.717) is 0 Å². The number of fused-ring (bicyclic) bond motifs is 1. The molecule has 0 spiro atoms. The lowest BCUT2D eigenvalue weighted by atomic mass is 10.2. The van der Waals surface area contributed by atoms with Gasteiger partial charge in [-0.2, -0.15) is 0 Å². The normalized spacial score (nSPS) is 11.0. The average Bonchev–Trinajstić information content (AvgIpc) is 2.93. The minimum atomic E-state index is 0.895. The molecule has 0 saturated carbocycles. The molecule has 0 atom stereocenters. The Kier molecular flexibility index (Phi) is 4.09. The third kappa shape index (κ3) is 2.69. The fourth-order valence-electron chi connectivity index (χ4n) is 2.75. The first kappa shape index (κ1) is 14.6. The van der Waals surface area contributed by atoms with Crippen LogP contribution in [0.25, 0.3) is 10.9 Å². The van der Waals surface area contributed by atoms with Crippen molar-refractivity contribution in [3.63, 3.8) is 0 Å². The predicted octanol–water partition coefficient (Wildman–Crippen LogP) is 4.59. The molecule has 22 heavy (non-hydrogen) atoms. The zero-order valence-corrected chi connectivity index (χ0v) is 13.4. The number of anilines is 2. The molecular formula is C18H22N4. The Morgan fingerprint density at radius 3 is 2.68 bits per heavy atom. The van der Waals surface area contributed by atoms with Gasteiger partial charge >= 0.3 is 0 Å². The van der Waals surface area contributed by atoms with E-state index in [4.69, 9.17) is 0 Å². The van der Waals surface area contributed by atoms with Crippen molar-refractivity contribution in [1.82, 2.24) is 14.5 Å². The lowest BCUT2D eigenvalue weighted by Crippen LogP contribution is -2.01. The first-order chi connectivity index (χ1) is 10.7. The Hall–Kier alpha value is -2.36. The van der Waals surface area contributed by atoms with Gasteiger partial charge < -0.3 is 9.88 Å². The molecular weight excluding hydrogens is 272 g/mol. The minimum absolute atomic E-state index is 0.895. The van der Waals surface area contributed by atoms with Gasteiger partial charge in [-0.3, -0.25) is 4.98 Å². The van der Waals surface area contributed by atoms with Crippen molar-refractivity contribution in [2.45, 2.75) is 40.2 Å². The number of nitrogens with zero attached hydrogens (tertiary/aromatic N) is 3. The zero-order chi connectivity index (χ0) is 15.5. The summed E-state index contributed by atoms with van der Waals surface area (Å²) in [6, 6.07) is 6.24. The van der Waals surface area contributed by atoms with E-state index in [-0.39, 0.29) is 0 Å². The number of aromatic nitrogens is 3. The molecule has 3 aromatic heterocycles. The molecule has 1 N–H and O–H groups in total. The second kappa shape index (κ2) is 6.18. The third-order valence-corrected chi connectivity index (χ3v) is 4.04. The Labute approximate surface area is 131 Å². The van der Waals surface area contributed by atoms with Crippen LogP contribution in [0.5, 0.6) is 0 Å². The number of rotatable bonds is 5. The molecule has 0 aliphatic heterocycles. The van der Waals surface area contributed by atoms with Crippen molar-refractivity contribution in [1.29, 1.82) is 0 Å². The van der Waals surface area contributed by atoms with E-state index in [1.807, 2.05) is 25.4 Å². The van der Waals surface area contributed by atoms with E-state index in [1.54, 1.807) is 0 Å². The van der Waals surface area contributed by atoms with Crippen LogP contribution in [0.1, 0.15) is 31.0 Å². The fourth-order valence-corrected chi connectivity index (χ4v) is 2.75. The average molecular weight is 294 g/mol. The highest BCUT2D eigenvalue weighted by Crippen LogP contribution is 2.28. The summed E-state index contributed by atoms with van der Waals surface area (Å²) < 4.78 is 2.30. The maximum atomic E-state index is 4.53. The summed E-state index contributed by atoms with van der Waals surface area (Å²) in [4.78, 5) is 8.89. The van der Waals surface area contributed by atoms with Crippen LogP contribution < -0.4 is 5.32 Å². The standard InChI is InChI=1S/C18H22N4/c1-4-5-11-22-12-8-15-16(22)7-10-20-18(15)21-17-13(2)6-9-19-14(17)3/h6-10,12H,4-5,11H2,1-3H3,(H,20,21). The van der Waals surface area contributed by atoms with Crippen molar-refractivity contribution < 1.29 is 0 Å². The van der Waals surface area contributed by atoms with E-state index < -0.39 is 0 Å². The van der Waals surface area contributed by atoms with Crippen LogP contribution in [0, 0.1) is 13.8 Å². The quantitative estimate of drug-likeness (QED) is 0.748. The van der Waals surface area contributed by atoms with Crippen LogP contribution in [0.2, 0.25) is 0 Å². The summed E-state index contributed by atoms with van der Waals surface area (Å²) in [7, 11) is 0. The second-order valence-corrected chi connectivity index (χ2v) is 5.67. The van der Waals surface area contributed by atoms with Gasteiger partial charge in [0.25, 0.3) is 0 Å². The Bertz CT molecular complexity index is 769. The number of pyridine rings is 2. The smallest absolute Gasteiger partial charge is 0.139 e. The van der Waals surface area contributed by atoms with Crippen LogP contribution in [0.3, 0.4) is 0 Å². The van der Waals surface area contributed by atoms with Crippen molar-refractivity contribution >= 4 is 22.4 Å². The molecule has 0 fully saturated rings. The summed E-state index contributed by atoms with van der Waals surface area (Å²) in [6.07, 6.45) is 8.25. The van der Waals surface area contributed by atoms with Gasteiger partial charge in [0, 0.05) is 30.5 Å². The summed E-state index contributed by atoms with van der Waals surface area (Å²) in [5, 5.41) is 4.62. The molecule has 4 heteroatoms. The topological polar surface area (TPSA) is 42.7 Å². The van der Waals surface area contributed by atoms with E-state index >= 15 is 0 Å². The lowest BCUT2D eigenvalue weighted by Gasteiger charge is -2.12. The van der Waals surface area contributed by atoms with Gasteiger partial charge in [0.1, 0.15) is 5.82 Å². The van der Waals surface area contributed by atoms with Gasteiger partial charge in [-0.05, 0) is 44.0 Å². The molecule has 3 rings (SSSR count). The summed E-state index contributed by atoms with van der Waals surface area (Å²) >= 11 is 0. The van der Waals surface area contributed by atoms with Crippen molar-refractivity contribution in [2.75, 3.05) is 5.32 Å². The molecule has 0 amide bonds. The summed E-state index contributed by atoms with van der Waals surface area (Å²) in [5.74, 6) is 0.895. The molecule has 0 aromatic carbocycles. The molecule has 3 aromatic rings. The van der Waals surface area contributed by atoms with E-state index in [2.05, 4.69) is 52.0 Å². The van der Waals surface area contributed by atoms with Crippen LogP contribution in [0.4, 0.5) is 11.5 Å². The zero-order valence-electron chi connectivity index (χ0n) is 13.4. The highest BCUT2D eigenvalue weighted by Gasteiger charge is 2.10. The first-order valence-corrected chi connectivity index (χ1v) is 7.83. The molecule has 0 bridgehead atoms. The maximum Gasteiger partial charge on any atom is 0.139 e. The molecule has 0 radical (unpaired) electrons. The summed E-state index contributed by atoms with van der Waals surface area (Å²) in [5.41, 5.74) is 4.44. The lowest BCUT2D eigenvalue weighted by molar-refractivity contribution is 0.650. The van der Waals surface area contributed by atoms with Gasteiger partial charge in [0.15, 0.2) is 0 Å². The molecule has 0 aliphatic carbocycles. The largest absolute Gasteiger partial charge is 0.347 e. The number of hydrogen-bond donors (Lipinski definition) is 1. The Balaban J connectivity index is 1.99. The molecule has 114 valence electrons. The van der Waals surface area contributed by atoms with Crippen LogP contribution in [-0.4, -0.2) is 14.5 Å². The summed E-state index contributed by atoms with van der Waals surface area (Å²) in [6.45, 7) is 7.37. The number of nitrogens with one attached hydrogen (secondary N) is 1. The SMILES string of the molecule is CCCCn1ccc2c(Nc3c(C)ccnc3C)nccc21. The Morgan fingerprint density at radius 2 is 1.91 bits per heavy atom. The van der Waals surface area contributed by atoms with E-state index in [0.717, 1.165) is 29.1 Å². The van der Waals surface area contributed by atoms with Crippen LogP contribution in [0.15, 0.2) is 36.8 Å². The van der Waals surface area contributed by atoms with Gasteiger partial charge in [-0.25, -0.2) is 4.98 Å².